The van der Waals surface area contributed by atoms with Gasteiger partial charge in [-0.05, 0) is 138 Å². The zero-order chi connectivity index (χ0) is 88.6. The maximum Gasteiger partial charge on any atom is 0.329 e. The Bertz CT molecular complexity index is 4030. The number of oxime groups is 1. The highest BCUT2D eigenvalue weighted by Gasteiger charge is 2.53. The maximum absolute atomic E-state index is 14.7. The number of nitrogens with one attached hydrogen (secondary N) is 2. The molecule has 35 nitrogen and oxygen atoms in total. The lowest BCUT2D eigenvalue weighted by Crippen LogP contribution is -2.61. The molecule has 3 aliphatic heterocycles. The van der Waals surface area contributed by atoms with Gasteiger partial charge in [0.05, 0.1) is 147 Å². The van der Waals surface area contributed by atoms with Crippen molar-refractivity contribution < 1.29 is 115 Å². The smallest absolute Gasteiger partial charge is 0.329 e. The standard InChI is InChI=1S/C88H137N11O24/c1-57-18-12-11-13-19-58(2)72(109-8)53-66-24-21-63(7)88(108,123-66)82(105)85(106)98-30-16-14-20-68(98)86(107)121-73(60(4)50-64-22-25-69(100)74(51-64)110-9)54-70(101)59(3)49-62(6)80(104)81(111-10)78(61(5)48-57)97-120-55-76(103)92-29-33-113-35-37-115-39-41-117-43-45-119-47-46-118-44-42-116-40-38-114-36-34-112-32-27-75(102)91-28-15-17-31-99-84-77(83(89)93-56-94-84)79(96-99)65-23-26-71-67(52-65)95-87(90)122-71/h11-13,18-19,23,26,49,52,56-57,59-61,63-64,66,68-70,72-74,80-81,100-101,104,108H,14-17,20-22,24-25,27-48,50-51,53-55H2,1-10H3,(H2,90,95)(H,91,102)(H,92,103)(H2,89,93,94)/b13-11+,18-12+,58-19+,62-49+,97-78?/t57-,59-,60-,61-,63-,64+,66+,68+,69-,70-,72+,73+,74-,80-,81+,88-/m1/s1. The zero-order valence-electron chi connectivity index (χ0n) is 73.6. The van der Waals surface area contributed by atoms with E-state index in [4.69, 9.17) is 87.4 Å². The number of benzene rings is 1. The molecular weight excluding hydrogens is 1600 g/mol. The molecule has 2 bridgehead atoms. The van der Waals surface area contributed by atoms with Crippen LogP contribution in [0.1, 0.15) is 145 Å². The summed E-state index contributed by atoms with van der Waals surface area (Å²) in [5.41, 5.74) is 16.8. The fourth-order valence-electron chi connectivity index (χ4n) is 15.9. The van der Waals surface area contributed by atoms with Crippen molar-refractivity contribution in [3.63, 3.8) is 0 Å². The number of aryl methyl sites for hydroxylation is 1. The van der Waals surface area contributed by atoms with Crippen LogP contribution in [0.3, 0.4) is 0 Å². The van der Waals surface area contributed by atoms with Crippen molar-refractivity contribution in [2.75, 3.05) is 165 Å². The number of amides is 3. The van der Waals surface area contributed by atoms with Gasteiger partial charge in [0.25, 0.3) is 23.6 Å². The van der Waals surface area contributed by atoms with Gasteiger partial charge in [0, 0.05) is 90.1 Å². The number of allylic oxidation sites excluding steroid dienone is 5. The van der Waals surface area contributed by atoms with Gasteiger partial charge in [-0.1, -0.05) is 76.2 Å². The summed E-state index contributed by atoms with van der Waals surface area (Å²) in [7, 11) is 4.60. The molecule has 4 aromatic rings. The predicted molar refractivity (Wildman–Crippen MR) is 458 cm³/mol. The second-order valence-electron chi connectivity index (χ2n) is 32.5. The van der Waals surface area contributed by atoms with Crippen LogP contribution in [-0.4, -0.2) is 299 Å². The number of cyclic esters (lactones) is 1. The molecule has 16 atom stereocenters. The van der Waals surface area contributed by atoms with E-state index in [1.807, 2.05) is 70.2 Å². The van der Waals surface area contributed by atoms with Crippen molar-refractivity contribution in [1.29, 1.82) is 0 Å². The van der Waals surface area contributed by atoms with Crippen molar-refractivity contribution in [2.24, 2.45) is 40.7 Å². The van der Waals surface area contributed by atoms with Crippen molar-refractivity contribution in [2.45, 2.75) is 212 Å². The predicted octanol–water partition coefficient (Wildman–Crippen LogP) is 7.12. The summed E-state index contributed by atoms with van der Waals surface area (Å²) in [5, 5.41) is 62.9. The number of rotatable bonds is 42. The first-order valence-electron chi connectivity index (χ1n) is 43.6. The monoisotopic (exact) mass is 1730 g/mol. The molecule has 35 heteroatoms. The lowest BCUT2D eigenvalue weighted by molar-refractivity contribution is -0.265. The number of anilines is 2. The van der Waals surface area contributed by atoms with Gasteiger partial charge in [-0.2, -0.15) is 10.1 Å². The van der Waals surface area contributed by atoms with E-state index in [1.54, 1.807) is 51.8 Å². The Balaban J connectivity index is 0.688. The zero-order valence-corrected chi connectivity index (χ0v) is 73.6. The molecule has 123 heavy (non-hydrogen) atoms. The summed E-state index contributed by atoms with van der Waals surface area (Å²) >= 11 is 0. The SMILES string of the molecule is CO[C@H]1C[C@@H]2CC[C@@H](C)[C@@](O)(O2)C(=O)C(=O)N2CCCC[C@H]2C(=O)O[C@H]([C@H](C)C[C@@H]2CC[C@@H](O)[C@H](OC)C2)C[C@@H](O)[C@H](C)/C=C(\C)[C@@H](O)[C@@H](OC)C(=NOCC(=O)NCCOCCOCCOCCOCCOCCOCCOCCOCCC(=O)NCCCCn2nc(-c3ccc4oc(N)nc4c3)c3c(N)ncnc32)[C@H](C)C[C@H](C)/C=C/C=C/C=C/1C. The molecule has 3 aromatic heterocycles. The number of nitrogens with two attached hydrogens (primary N) is 2. The summed E-state index contributed by atoms with van der Waals surface area (Å²) in [6.45, 7) is 19.6. The number of piperidine rings is 1. The highest BCUT2D eigenvalue weighted by atomic mass is 16.6. The third-order valence-electron chi connectivity index (χ3n) is 23.1. The molecule has 2 saturated heterocycles. The van der Waals surface area contributed by atoms with Gasteiger partial charge < -0.3 is 118 Å². The summed E-state index contributed by atoms with van der Waals surface area (Å²) in [6, 6.07) is 4.40. The number of methoxy groups -OCH3 is 3. The number of carbonyl (C=O) groups excluding carboxylic acids is 5. The molecular formula is C88H137N11O24. The van der Waals surface area contributed by atoms with Crippen LogP contribution in [0.15, 0.2) is 81.7 Å². The number of hydrogen-bond donors (Lipinski definition) is 8. The maximum atomic E-state index is 14.7. The quantitative estimate of drug-likeness (QED) is 0.00719. The number of oxazole rings is 1. The van der Waals surface area contributed by atoms with E-state index in [1.165, 1.54) is 18.3 Å². The Kier molecular flexibility index (Phi) is 43.8. The van der Waals surface area contributed by atoms with Crippen molar-refractivity contribution in [1.82, 2.24) is 40.3 Å². The lowest BCUT2D eigenvalue weighted by Gasteiger charge is -2.43. The van der Waals surface area contributed by atoms with Crippen LogP contribution in [0.4, 0.5) is 11.8 Å². The Morgan fingerprint density at radius 2 is 1.37 bits per heavy atom. The molecule has 0 unspecified atom stereocenters. The highest BCUT2D eigenvalue weighted by Crippen LogP contribution is 2.39. The number of aliphatic hydroxyl groups excluding tert-OH is 3. The van der Waals surface area contributed by atoms with Gasteiger partial charge >= 0.3 is 5.97 Å². The number of Topliss-reactive ketones (excluding diaryl/α,β-unsaturated/α-hetero) is 1. The summed E-state index contributed by atoms with van der Waals surface area (Å²) < 4.78 is 82.3. The molecule has 6 heterocycles. The number of aliphatic hydroxyl groups is 4. The van der Waals surface area contributed by atoms with Gasteiger partial charge in [-0.15, -0.1) is 0 Å². The van der Waals surface area contributed by atoms with Crippen LogP contribution >= 0.6 is 0 Å². The first-order valence-corrected chi connectivity index (χ1v) is 43.6. The van der Waals surface area contributed by atoms with Gasteiger partial charge in [0.15, 0.2) is 17.8 Å². The minimum atomic E-state index is -2.46. The lowest BCUT2D eigenvalue weighted by atomic mass is 9.78. The minimum Gasteiger partial charge on any atom is -0.460 e. The average Bonchev–Trinajstić information content (AvgIpc) is 0.905. The molecule has 0 spiro atoms. The van der Waals surface area contributed by atoms with Crippen LogP contribution in [-0.2, 0) is 96.9 Å². The van der Waals surface area contributed by atoms with E-state index in [0.29, 0.717) is 202 Å². The molecule has 1 aliphatic carbocycles. The Morgan fingerprint density at radius 1 is 0.707 bits per heavy atom. The fourth-order valence-corrected chi connectivity index (χ4v) is 15.9. The van der Waals surface area contributed by atoms with Gasteiger partial charge in [-0.25, -0.2) is 19.4 Å². The number of fused-ring (bicyclic) bond motifs is 5. The Labute approximate surface area is 722 Å². The van der Waals surface area contributed by atoms with Crippen LogP contribution < -0.4 is 22.1 Å². The van der Waals surface area contributed by atoms with E-state index in [-0.39, 0.29) is 100 Å². The third kappa shape index (κ3) is 32.2. The number of aromatic nitrogens is 5. The molecule has 8 rings (SSSR count). The van der Waals surface area contributed by atoms with Gasteiger partial charge in [-0.3, -0.25) is 19.2 Å². The number of hydrogen-bond acceptors (Lipinski definition) is 31. The molecule has 4 aliphatic rings. The summed E-state index contributed by atoms with van der Waals surface area (Å²) in [4.78, 5) is 89.0. The number of esters is 1. The van der Waals surface area contributed by atoms with E-state index in [9.17, 15) is 44.4 Å². The topological polar surface area (TPSA) is 457 Å². The van der Waals surface area contributed by atoms with Crippen LogP contribution in [0.2, 0.25) is 0 Å². The number of ketones is 1. The number of nitrogen functional groups attached to an aromatic ring is 2. The van der Waals surface area contributed by atoms with Crippen LogP contribution in [0.25, 0.3) is 33.4 Å². The highest BCUT2D eigenvalue weighted by molar-refractivity contribution is 6.39. The number of carbonyl (C=O) groups is 5. The minimum absolute atomic E-state index is 0.0310. The second kappa shape index (κ2) is 53.6. The van der Waals surface area contributed by atoms with Crippen LogP contribution in [0, 0.1) is 35.5 Å². The van der Waals surface area contributed by atoms with Crippen molar-refractivity contribution >= 4 is 69.2 Å². The fraction of sp³-hybridized carbons (Fsp3) is 0.705. The van der Waals surface area contributed by atoms with E-state index in [2.05, 4.69) is 30.7 Å². The van der Waals surface area contributed by atoms with E-state index >= 15 is 0 Å². The van der Waals surface area contributed by atoms with Gasteiger partial charge in [0.1, 0.15) is 47.7 Å². The Morgan fingerprint density at radius 3 is 2.02 bits per heavy atom. The van der Waals surface area contributed by atoms with E-state index < -0.39 is 96.6 Å². The average molecular weight is 1730 g/mol. The first kappa shape index (κ1) is 101. The van der Waals surface area contributed by atoms with Crippen molar-refractivity contribution in [3.05, 3.63) is 72.1 Å². The number of ether oxygens (including phenoxy) is 13. The first-order chi connectivity index (χ1) is 59.3. The molecule has 1 saturated carbocycles. The number of nitrogens with zero attached hydrogens (tertiary/aromatic N) is 7. The molecule has 10 N–H and O–H groups in total. The normalized spacial score (nSPS) is 27.8. The van der Waals surface area contributed by atoms with Crippen molar-refractivity contribution in [3.8, 4) is 11.3 Å². The van der Waals surface area contributed by atoms with E-state index in [0.717, 1.165) is 24.0 Å². The van der Waals surface area contributed by atoms with Gasteiger partial charge in [0.2, 0.25) is 11.7 Å². The summed E-state index contributed by atoms with van der Waals surface area (Å²) in [6.07, 6.45) is 13.4. The largest absolute Gasteiger partial charge is 0.460 e. The third-order valence-corrected chi connectivity index (χ3v) is 23.1. The van der Waals surface area contributed by atoms with Crippen LogP contribution in [0.5, 0.6) is 0 Å². The molecule has 0 radical (unpaired) electrons. The molecule has 1 aromatic carbocycles. The second-order valence-corrected chi connectivity index (χ2v) is 32.5. The Hall–Kier alpha value is -7.82. The molecule has 3 fully saturated rings. The molecule has 3 amide bonds. The summed E-state index contributed by atoms with van der Waals surface area (Å²) in [5.74, 6) is -7.60. The molecule has 688 valence electrons. The number of unbranched alkanes of at least 4 members (excludes halogenated alkanes) is 1.